The van der Waals surface area contributed by atoms with Crippen molar-refractivity contribution in [2.24, 2.45) is 7.05 Å². The number of benzene rings is 1. The van der Waals surface area contributed by atoms with Crippen molar-refractivity contribution in [2.45, 2.75) is 39.0 Å². The number of rotatable bonds is 6. The monoisotopic (exact) mass is 317 g/mol. The number of halogens is 1. The van der Waals surface area contributed by atoms with E-state index in [0.29, 0.717) is 6.54 Å². The summed E-state index contributed by atoms with van der Waals surface area (Å²) in [5, 5.41) is 4.42. The fraction of sp³-hybridized carbons (Fsp3) is 0.500. The lowest BCUT2D eigenvalue weighted by Gasteiger charge is -2.25. The Morgan fingerprint density at radius 1 is 1.39 bits per heavy atom. The highest BCUT2D eigenvalue weighted by molar-refractivity contribution is 5.18. The molecule has 1 aliphatic rings. The summed E-state index contributed by atoms with van der Waals surface area (Å²) >= 11 is 0. The van der Waals surface area contributed by atoms with Crippen molar-refractivity contribution < 1.29 is 9.13 Å². The zero-order valence-electron chi connectivity index (χ0n) is 13.8. The van der Waals surface area contributed by atoms with Crippen LogP contribution in [0.5, 0.6) is 0 Å². The molecule has 1 aromatic heterocycles. The van der Waals surface area contributed by atoms with Gasteiger partial charge in [0.15, 0.2) is 0 Å². The second-order valence-corrected chi connectivity index (χ2v) is 6.35. The Morgan fingerprint density at radius 2 is 2.26 bits per heavy atom. The van der Waals surface area contributed by atoms with Gasteiger partial charge in [0, 0.05) is 45.0 Å². The third kappa shape index (κ3) is 4.39. The Balaban J connectivity index is 1.73. The zero-order chi connectivity index (χ0) is 16.2. The second-order valence-electron chi connectivity index (χ2n) is 6.35. The normalized spacial score (nSPS) is 18.0. The molecular weight excluding hydrogens is 293 g/mol. The summed E-state index contributed by atoms with van der Waals surface area (Å²) < 4.78 is 21.1. The summed E-state index contributed by atoms with van der Waals surface area (Å²) in [6, 6.07) is 6.84. The van der Waals surface area contributed by atoms with Gasteiger partial charge in [0.2, 0.25) is 0 Å². The summed E-state index contributed by atoms with van der Waals surface area (Å²) in [6.07, 6.45) is 4.57. The smallest absolute Gasteiger partial charge is 0.123 e. The van der Waals surface area contributed by atoms with Gasteiger partial charge in [-0.1, -0.05) is 12.1 Å². The molecule has 2 heterocycles. The predicted octanol–water partition coefficient (Wildman–Crippen LogP) is 3.05. The summed E-state index contributed by atoms with van der Waals surface area (Å²) in [5.41, 5.74) is 3.25. The van der Waals surface area contributed by atoms with E-state index in [-0.39, 0.29) is 11.9 Å². The maximum Gasteiger partial charge on any atom is 0.123 e. The molecule has 5 heteroatoms. The van der Waals surface area contributed by atoms with Crippen LogP contribution in [0.2, 0.25) is 0 Å². The van der Waals surface area contributed by atoms with E-state index in [4.69, 9.17) is 4.74 Å². The van der Waals surface area contributed by atoms with Crippen LogP contribution in [0.25, 0.3) is 0 Å². The molecule has 0 bridgehead atoms. The third-order valence-electron chi connectivity index (χ3n) is 4.29. The lowest BCUT2D eigenvalue weighted by atomic mass is 10.1. The van der Waals surface area contributed by atoms with Crippen LogP contribution in [0.1, 0.15) is 29.7 Å². The van der Waals surface area contributed by atoms with Crippen molar-refractivity contribution in [2.75, 3.05) is 13.2 Å². The van der Waals surface area contributed by atoms with Gasteiger partial charge in [-0.05, 0) is 37.5 Å². The number of aryl methyl sites for hydroxylation is 2. The highest BCUT2D eigenvalue weighted by Crippen LogP contribution is 2.18. The number of aromatic nitrogens is 2. The van der Waals surface area contributed by atoms with Gasteiger partial charge in [-0.15, -0.1) is 0 Å². The average Bonchev–Trinajstić information content (AvgIpc) is 3.09. The van der Waals surface area contributed by atoms with Crippen LogP contribution in [0, 0.1) is 12.7 Å². The van der Waals surface area contributed by atoms with Gasteiger partial charge in [0.05, 0.1) is 11.8 Å². The van der Waals surface area contributed by atoms with Gasteiger partial charge in [-0.25, -0.2) is 4.39 Å². The number of nitrogens with zero attached hydrogens (tertiary/aromatic N) is 3. The molecular formula is C18H24FN3O. The molecule has 1 saturated heterocycles. The van der Waals surface area contributed by atoms with E-state index in [0.717, 1.165) is 43.8 Å². The van der Waals surface area contributed by atoms with E-state index in [2.05, 4.69) is 16.2 Å². The standard InChI is InChI=1S/C18H24FN3O/c1-14-16(11-21(2)20-14)12-22(13-18-7-4-8-23-18)10-15-5-3-6-17(19)9-15/h3,5-6,9,11,18H,4,7-8,10,12-13H2,1-2H3/t18-/m0/s1. The van der Waals surface area contributed by atoms with Crippen molar-refractivity contribution in [3.8, 4) is 0 Å². The largest absolute Gasteiger partial charge is 0.377 e. The van der Waals surface area contributed by atoms with Gasteiger partial charge >= 0.3 is 0 Å². The molecule has 1 atom stereocenters. The minimum atomic E-state index is -0.183. The third-order valence-corrected chi connectivity index (χ3v) is 4.29. The second kappa shape index (κ2) is 7.23. The van der Waals surface area contributed by atoms with Gasteiger partial charge in [0.1, 0.15) is 5.82 Å². The SMILES string of the molecule is Cc1nn(C)cc1CN(Cc1cccc(F)c1)C[C@@H]1CCCO1. The maximum atomic E-state index is 13.5. The van der Waals surface area contributed by atoms with Crippen molar-refractivity contribution in [1.82, 2.24) is 14.7 Å². The Labute approximate surface area is 136 Å². The van der Waals surface area contributed by atoms with Gasteiger partial charge in [-0.3, -0.25) is 9.58 Å². The minimum absolute atomic E-state index is 0.183. The predicted molar refractivity (Wildman–Crippen MR) is 87.4 cm³/mol. The van der Waals surface area contributed by atoms with E-state index >= 15 is 0 Å². The molecule has 23 heavy (non-hydrogen) atoms. The maximum absolute atomic E-state index is 13.5. The topological polar surface area (TPSA) is 30.3 Å². The first-order valence-corrected chi connectivity index (χ1v) is 8.17. The van der Waals surface area contributed by atoms with Crippen LogP contribution in [0.15, 0.2) is 30.5 Å². The molecule has 124 valence electrons. The first-order chi connectivity index (χ1) is 11.1. The Kier molecular flexibility index (Phi) is 5.08. The fourth-order valence-electron chi connectivity index (χ4n) is 3.20. The molecule has 1 aliphatic heterocycles. The molecule has 0 amide bonds. The minimum Gasteiger partial charge on any atom is -0.377 e. The molecule has 1 fully saturated rings. The van der Waals surface area contributed by atoms with Crippen LogP contribution in [-0.2, 0) is 24.9 Å². The van der Waals surface area contributed by atoms with Gasteiger partial charge < -0.3 is 4.74 Å². The van der Waals surface area contributed by atoms with Crippen LogP contribution < -0.4 is 0 Å². The van der Waals surface area contributed by atoms with Crippen molar-refractivity contribution in [1.29, 1.82) is 0 Å². The molecule has 0 radical (unpaired) electrons. The fourth-order valence-corrected chi connectivity index (χ4v) is 3.20. The van der Waals surface area contributed by atoms with E-state index in [1.165, 1.54) is 11.6 Å². The molecule has 0 N–H and O–H groups in total. The zero-order valence-corrected chi connectivity index (χ0v) is 13.8. The number of hydrogen-bond acceptors (Lipinski definition) is 3. The lowest BCUT2D eigenvalue weighted by Crippen LogP contribution is -2.31. The molecule has 0 unspecified atom stereocenters. The van der Waals surface area contributed by atoms with Gasteiger partial charge in [-0.2, -0.15) is 5.10 Å². The molecule has 0 saturated carbocycles. The van der Waals surface area contributed by atoms with Gasteiger partial charge in [0.25, 0.3) is 0 Å². The molecule has 4 nitrogen and oxygen atoms in total. The van der Waals surface area contributed by atoms with Crippen LogP contribution >= 0.6 is 0 Å². The molecule has 2 aromatic rings. The first kappa shape index (κ1) is 16.1. The van der Waals surface area contributed by atoms with Crippen molar-refractivity contribution in [3.63, 3.8) is 0 Å². The van der Waals surface area contributed by atoms with E-state index in [1.807, 2.05) is 24.7 Å². The van der Waals surface area contributed by atoms with E-state index < -0.39 is 0 Å². The van der Waals surface area contributed by atoms with Crippen molar-refractivity contribution >= 4 is 0 Å². The summed E-state index contributed by atoms with van der Waals surface area (Å²) in [7, 11) is 1.94. The van der Waals surface area contributed by atoms with E-state index in [1.54, 1.807) is 12.1 Å². The summed E-state index contributed by atoms with van der Waals surface area (Å²) in [6.45, 7) is 5.26. The molecule has 0 aliphatic carbocycles. The first-order valence-electron chi connectivity index (χ1n) is 8.17. The highest BCUT2D eigenvalue weighted by atomic mass is 19.1. The van der Waals surface area contributed by atoms with Crippen molar-refractivity contribution in [3.05, 3.63) is 53.1 Å². The quantitative estimate of drug-likeness (QED) is 0.820. The van der Waals surface area contributed by atoms with Crippen LogP contribution in [0.3, 0.4) is 0 Å². The highest BCUT2D eigenvalue weighted by Gasteiger charge is 2.20. The van der Waals surface area contributed by atoms with Crippen LogP contribution in [0.4, 0.5) is 4.39 Å². The Morgan fingerprint density at radius 3 is 2.91 bits per heavy atom. The molecule has 0 spiro atoms. The number of hydrogen-bond donors (Lipinski definition) is 0. The lowest BCUT2D eigenvalue weighted by molar-refractivity contribution is 0.0678. The Bertz CT molecular complexity index is 649. The summed E-state index contributed by atoms with van der Waals surface area (Å²) in [5.74, 6) is -0.183. The summed E-state index contributed by atoms with van der Waals surface area (Å²) in [4.78, 5) is 2.33. The Hall–Kier alpha value is -1.72. The van der Waals surface area contributed by atoms with Crippen LogP contribution in [-0.4, -0.2) is 33.9 Å². The molecule has 3 rings (SSSR count). The average molecular weight is 317 g/mol. The van der Waals surface area contributed by atoms with E-state index in [9.17, 15) is 4.39 Å². The number of ether oxygens (including phenoxy) is 1. The molecule has 1 aromatic carbocycles.